The molecule has 0 aliphatic carbocycles. The Hall–Kier alpha value is -6.19. The third kappa shape index (κ3) is 7.57. The Morgan fingerprint density at radius 1 is 0.823 bits per heavy atom. The van der Waals surface area contributed by atoms with Crippen LogP contribution in [0.15, 0.2) is 60.8 Å². The van der Waals surface area contributed by atoms with Crippen molar-refractivity contribution in [2.75, 3.05) is 54.8 Å². The van der Waals surface area contributed by atoms with Crippen molar-refractivity contribution in [3.63, 3.8) is 0 Å². The summed E-state index contributed by atoms with van der Waals surface area (Å²) in [6.07, 6.45) is 7.65. The smallest absolute Gasteiger partial charge is 0.262 e. The monoisotopic (exact) mass is 835 g/mol. The predicted octanol–water partition coefficient (Wildman–Crippen LogP) is 5.61. The van der Waals surface area contributed by atoms with E-state index in [1.54, 1.807) is 10.7 Å². The van der Waals surface area contributed by atoms with E-state index in [0.29, 0.717) is 29.0 Å². The second-order valence-corrected chi connectivity index (χ2v) is 17.8. The Morgan fingerprint density at radius 2 is 1.63 bits per heavy atom. The lowest BCUT2D eigenvalue weighted by Crippen LogP contribution is -2.54. The van der Waals surface area contributed by atoms with Crippen LogP contribution in [0, 0.1) is 19.8 Å². The lowest BCUT2D eigenvalue weighted by atomic mass is 9.93. The molecule has 5 aromatic rings. The number of benzene rings is 3. The van der Waals surface area contributed by atoms with E-state index in [2.05, 4.69) is 80.9 Å². The number of aromatic nitrogens is 4. The lowest BCUT2D eigenvalue weighted by Gasteiger charge is -2.42. The van der Waals surface area contributed by atoms with Gasteiger partial charge in [-0.05, 0) is 124 Å². The van der Waals surface area contributed by atoms with Crippen LogP contribution in [-0.2, 0) is 29.6 Å². The van der Waals surface area contributed by atoms with Crippen LogP contribution in [0.4, 0.5) is 28.8 Å². The maximum atomic E-state index is 13.5. The van der Waals surface area contributed by atoms with Gasteiger partial charge in [-0.1, -0.05) is 24.3 Å². The maximum absolute atomic E-state index is 13.5. The van der Waals surface area contributed by atoms with Crippen LogP contribution in [0.25, 0.3) is 11.0 Å². The number of amides is 4. The minimum absolute atomic E-state index is 0.103. The molecular formula is C47H53N11O4. The summed E-state index contributed by atoms with van der Waals surface area (Å²) in [6, 6.07) is 17.9. The molecule has 2 aromatic heterocycles. The first-order valence-electron chi connectivity index (χ1n) is 22.0. The summed E-state index contributed by atoms with van der Waals surface area (Å²) in [5, 5.41) is 14.9. The van der Waals surface area contributed by atoms with Crippen molar-refractivity contribution in [1.82, 2.24) is 39.8 Å². The molecule has 3 saturated heterocycles. The molecule has 10 rings (SSSR count). The Balaban J connectivity index is 0.730. The number of para-hydroxylation sites is 1. The zero-order chi connectivity index (χ0) is 42.6. The van der Waals surface area contributed by atoms with Crippen molar-refractivity contribution in [1.29, 1.82) is 0 Å². The third-order valence-electron chi connectivity index (χ3n) is 13.7. The molecular weight excluding hydrogens is 783 g/mol. The number of rotatable bonds is 9. The van der Waals surface area contributed by atoms with Gasteiger partial charge in [-0.25, -0.2) is 9.67 Å². The van der Waals surface area contributed by atoms with Gasteiger partial charge >= 0.3 is 0 Å². The number of carbonyl (C=O) groups excluding carboxylic acids is 4. The second kappa shape index (κ2) is 16.3. The number of hydrogen-bond donors (Lipinski definition) is 3. The van der Waals surface area contributed by atoms with Gasteiger partial charge in [-0.2, -0.15) is 10.1 Å². The van der Waals surface area contributed by atoms with Crippen LogP contribution in [-0.4, -0.2) is 109 Å². The van der Waals surface area contributed by atoms with Gasteiger partial charge in [-0.15, -0.1) is 0 Å². The topological polar surface area (TPSA) is 161 Å². The molecule has 2 unspecified atom stereocenters. The molecule has 2 atom stereocenters. The Labute approximate surface area is 360 Å². The van der Waals surface area contributed by atoms with Gasteiger partial charge in [0.15, 0.2) is 11.5 Å². The number of imide groups is 2. The van der Waals surface area contributed by atoms with Crippen LogP contribution in [0.5, 0.6) is 0 Å². The fourth-order valence-electron chi connectivity index (χ4n) is 10.4. The molecule has 3 aromatic carbocycles. The average molecular weight is 836 g/mol. The maximum Gasteiger partial charge on any atom is 0.262 e. The predicted molar refractivity (Wildman–Crippen MR) is 237 cm³/mol. The van der Waals surface area contributed by atoms with Gasteiger partial charge in [0.2, 0.25) is 17.8 Å². The van der Waals surface area contributed by atoms with Crippen LogP contribution in [0.2, 0.25) is 0 Å². The van der Waals surface area contributed by atoms with Crippen molar-refractivity contribution in [2.45, 2.75) is 77.4 Å². The van der Waals surface area contributed by atoms with Crippen molar-refractivity contribution in [3.8, 4) is 0 Å². The number of fused-ring (bicyclic) bond motifs is 3. The number of aryl methyl sites for hydroxylation is 3. The normalized spacial score (nSPS) is 21.3. The molecule has 0 bridgehead atoms. The van der Waals surface area contributed by atoms with Crippen molar-refractivity contribution < 1.29 is 19.2 Å². The standard InChI is InChI=1S/C47H53N11O4/c1-28-6-4-7-29(2)41(28)51-42-38-24-48-47(52-43(38)54(3)53-42)49-33-10-9-31-15-21-57(27-32(31)22-33)34-16-19-55(20-17-34)25-30-8-5-18-56(26-30)35-11-12-36-37(23-35)46(62)58(45(36)61)39-13-14-40(59)50-44(39)60/h4,6-7,9-12,22-24,30,34,39H,5,8,13-21,25-27H2,1-3H3,(H,51,53)(H,48,49,52)(H,50,59,60). The average Bonchev–Trinajstić information content (AvgIpc) is 3.72. The Kier molecular flexibility index (Phi) is 10.5. The van der Waals surface area contributed by atoms with E-state index in [0.717, 1.165) is 128 Å². The molecule has 320 valence electrons. The molecule has 0 radical (unpaired) electrons. The minimum atomic E-state index is -0.962. The van der Waals surface area contributed by atoms with E-state index in [4.69, 9.17) is 15.1 Å². The number of carbonyl (C=O) groups is 4. The molecule has 5 aliphatic heterocycles. The van der Waals surface area contributed by atoms with E-state index >= 15 is 0 Å². The molecule has 0 spiro atoms. The summed E-state index contributed by atoms with van der Waals surface area (Å²) in [7, 11) is 1.91. The van der Waals surface area contributed by atoms with E-state index in [1.165, 1.54) is 11.1 Å². The Bertz CT molecular complexity index is 2600. The van der Waals surface area contributed by atoms with Gasteiger partial charge in [0.25, 0.3) is 11.8 Å². The first-order chi connectivity index (χ1) is 30.1. The molecule has 62 heavy (non-hydrogen) atoms. The molecule has 7 heterocycles. The summed E-state index contributed by atoms with van der Waals surface area (Å²) in [4.78, 5) is 69.2. The highest BCUT2D eigenvalue weighted by molar-refractivity contribution is 6.23. The molecule has 3 fully saturated rings. The highest BCUT2D eigenvalue weighted by atomic mass is 16.2. The first kappa shape index (κ1) is 39.9. The number of piperidine rings is 3. The zero-order valence-electron chi connectivity index (χ0n) is 35.6. The summed E-state index contributed by atoms with van der Waals surface area (Å²) in [6.45, 7) is 11.2. The van der Waals surface area contributed by atoms with Crippen molar-refractivity contribution in [3.05, 3.63) is 94.2 Å². The van der Waals surface area contributed by atoms with Crippen LogP contribution in [0.1, 0.15) is 81.5 Å². The highest BCUT2D eigenvalue weighted by Crippen LogP contribution is 2.34. The van der Waals surface area contributed by atoms with Gasteiger partial charge in [0.1, 0.15) is 6.04 Å². The molecule has 5 aliphatic rings. The summed E-state index contributed by atoms with van der Waals surface area (Å²) >= 11 is 0. The summed E-state index contributed by atoms with van der Waals surface area (Å²) in [5.74, 6) is -0.121. The summed E-state index contributed by atoms with van der Waals surface area (Å²) in [5.41, 5.74) is 9.44. The van der Waals surface area contributed by atoms with Crippen LogP contribution in [0.3, 0.4) is 0 Å². The molecule has 0 saturated carbocycles. The fraction of sp³-hybridized carbons (Fsp3) is 0.426. The molecule has 15 nitrogen and oxygen atoms in total. The molecule has 3 N–H and O–H groups in total. The van der Waals surface area contributed by atoms with Gasteiger partial charge in [-0.3, -0.25) is 34.3 Å². The van der Waals surface area contributed by atoms with E-state index in [9.17, 15) is 19.2 Å². The second-order valence-electron chi connectivity index (χ2n) is 17.8. The minimum Gasteiger partial charge on any atom is -0.371 e. The third-order valence-corrected chi connectivity index (χ3v) is 13.7. The number of anilines is 5. The SMILES string of the molecule is Cc1cccc(C)c1Nc1nn(C)c2nc(Nc3ccc4c(c3)CN(C3CCN(CC5CCCN(c6ccc7c(c6)C(=O)N(C6CCC(=O)NC6=O)C7=O)C5)CC3)CC4)ncc12. The zero-order valence-corrected chi connectivity index (χ0v) is 35.6. The van der Waals surface area contributed by atoms with Crippen molar-refractivity contribution in [2.24, 2.45) is 13.0 Å². The highest BCUT2D eigenvalue weighted by Gasteiger charge is 2.45. The van der Waals surface area contributed by atoms with E-state index in [1.807, 2.05) is 25.4 Å². The molecule has 15 heteroatoms. The number of nitrogens with zero attached hydrogens (tertiary/aromatic N) is 8. The van der Waals surface area contributed by atoms with E-state index < -0.39 is 23.8 Å². The van der Waals surface area contributed by atoms with Crippen molar-refractivity contribution >= 4 is 63.5 Å². The van der Waals surface area contributed by atoms with Gasteiger partial charge in [0, 0.05) is 75.5 Å². The first-order valence-corrected chi connectivity index (χ1v) is 22.0. The molecule has 4 amide bonds. The van der Waals surface area contributed by atoms with Gasteiger partial charge in [0.05, 0.1) is 16.5 Å². The van der Waals surface area contributed by atoms with Crippen LogP contribution < -0.4 is 20.9 Å². The Morgan fingerprint density at radius 3 is 2.44 bits per heavy atom. The fourth-order valence-corrected chi connectivity index (χ4v) is 10.4. The largest absolute Gasteiger partial charge is 0.371 e. The quantitative estimate of drug-likeness (QED) is 0.158. The number of nitrogens with one attached hydrogen (secondary N) is 3. The number of likely N-dealkylation sites (tertiary alicyclic amines) is 1. The van der Waals surface area contributed by atoms with Crippen LogP contribution >= 0.6 is 0 Å². The van der Waals surface area contributed by atoms with E-state index in [-0.39, 0.29) is 18.7 Å². The summed E-state index contributed by atoms with van der Waals surface area (Å²) < 4.78 is 1.80. The van der Waals surface area contributed by atoms with Gasteiger partial charge < -0.3 is 20.4 Å². The number of hydrogen-bond acceptors (Lipinski definition) is 12. The lowest BCUT2D eigenvalue weighted by molar-refractivity contribution is -0.136.